The molecule has 1 aliphatic heterocycles. The van der Waals surface area contributed by atoms with Crippen LogP contribution >= 0.6 is 0 Å². The first-order valence-electron chi connectivity index (χ1n) is 8.08. The van der Waals surface area contributed by atoms with Crippen LogP contribution in [0.1, 0.15) is 25.5 Å². The van der Waals surface area contributed by atoms with Crippen molar-refractivity contribution < 1.29 is 4.79 Å². The van der Waals surface area contributed by atoms with E-state index in [1.165, 1.54) is 6.07 Å². The Labute approximate surface area is 140 Å². The van der Waals surface area contributed by atoms with E-state index in [0.29, 0.717) is 11.5 Å². The van der Waals surface area contributed by atoms with Crippen molar-refractivity contribution in [3.63, 3.8) is 0 Å². The third-order valence-corrected chi connectivity index (χ3v) is 4.04. The first kappa shape index (κ1) is 16.2. The molecule has 1 saturated heterocycles. The second-order valence-electron chi connectivity index (χ2n) is 6.13. The summed E-state index contributed by atoms with van der Waals surface area (Å²) in [6, 6.07) is 5.45. The number of aromatic nitrogens is 3. The largest absolute Gasteiger partial charge is 0.355 e. The van der Waals surface area contributed by atoms with E-state index in [1.807, 2.05) is 12.1 Å². The number of aromatic amines is 1. The van der Waals surface area contributed by atoms with Crippen LogP contribution in [-0.4, -0.2) is 40.0 Å². The van der Waals surface area contributed by atoms with Crippen LogP contribution in [0.15, 0.2) is 29.2 Å². The topological polar surface area (TPSA) is 91.0 Å². The van der Waals surface area contributed by atoms with Gasteiger partial charge in [0.25, 0.3) is 5.56 Å². The molecule has 0 radical (unpaired) electrons. The first-order valence-corrected chi connectivity index (χ1v) is 8.08. The van der Waals surface area contributed by atoms with Gasteiger partial charge < -0.3 is 15.2 Å². The zero-order valence-electron chi connectivity index (χ0n) is 13.9. The van der Waals surface area contributed by atoms with Gasteiger partial charge in [-0.25, -0.2) is 9.97 Å². The van der Waals surface area contributed by atoms with Gasteiger partial charge in [-0.2, -0.15) is 0 Å². The lowest BCUT2D eigenvalue weighted by atomic mass is 10.1. The Bertz CT molecular complexity index is 784. The third-order valence-electron chi connectivity index (χ3n) is 4.04. The number of pyridine rings is 1. The minimum Gasteiger partial charge on any atom is -0.355 e. The summed E-state index contributed by atoms with van der Waals surface area (Å²) in [4.78, 5) is 36.5. The van der Waals surface area contributed by atoms with E-state index in [1.54, 1.807) is 20.0 Å². The summed E-state index contributed by atoms with van der Waals surface area (Å²) >= 11 is 0. The summed E-state index contributed by atoms with van der Waals surface area (Å²) in [6.45, 7) is 5.01. The van der Waals surface area contributed by atoms with Crippen molar-refractivity contribution in [1.29, 1.82) is 0 Å². The number of aryl methyl sites for hydroxylation is 1. The lowest BCUT2D eigenvalue weighted by Gasteiger charge is -2.33. The molecule has 3 heterocycles. The molecule has 2 aromatic heterocycles. The van der Waals surface area contributed by atoms with Gasteiger partial charge in [-0.15, -0.1) is 0 Å². The second kappa shape index (κ2) is 6.82. The van der Waals surface area contributed by atoms with Gasteiger partial charge in [0.1, 0.15) is 11.6 Å². The van der Waals surface area contributed by atoms with Crippen LogP contribution in [0.5, 0.6) is 0 Å². The molecule has 7 nitrogen and oxygen atoms in total. The molecular weight excluding hydrogens is 306 g/mol. The molecule has 7 heteroatoms. The zero-order chi connectivity index (χ0) is 17.1. The number of H-pyrrole nitrogens is 1. The Morgan fingerprint density at radius 2 is 2.25 bits per heavy atom. The molecule has 2 aromatic rings. The number of nitrogens with one attached hydrogen (secondary N) is 2. The summed E-state index contributed by atoms with van der Waals surface area (Å²) in [6.07, 6.45) is 3.72. The van der Waals surface area contributed by atoms with Gasteiger partial charge in [-0.1, -0.05) is 0 Å². The van der Waals surface area contributed by atoms with Crippen molar-refractivity contribution in [3.05, 3.63) is 40.4 Å². The Kier molecular flexibility index (Phi) is 4.59. The number of anilines is 1. The monoisotopic (exact) mass is 327 g/mol. The first-order chi connectivity index (χ1) is 11.5. The molecule has 1 unspecified atom stereocenters. The molecule has 1 atom stereocenters. The van der Waals surface area contributed by atoms with E-state index < -0.39 is 0 Å². The number of carbonyl (C=O) groups is 1. The number of carbonyl (C=O) groups excluding carboxylic acids is 1. The van der Waals surface area contributed by atoms with Crippen LogP contribution in [-0.2, 0) is 4.79 Å². The second-order valence-corrected chi connectivity index (χ2v) is 6.13. The Morgan fingerprint density at radius 3 is 2.92 bits per heavy atom. The third kappa shape index (κ3) is 3.79. The van der Waals surface area contributed by atoms with Crippen LogP contribution < -0.4 is 15.8 Å². The van der Waals surface area contributed by atoms with Crippen molar-refractivity contribution in [1.82, 2.24) is 20.3 Å². The van der Waals surface area contributed by atoms with E-state index in [9.17, 15) is 9.59 Å². The van der Waals surface area contributed by atoms with Crippen molar-refractivity contribution >= 4 is 11.7 Å². The van der Waals surface area contributed by atoms with Gasteiger partial charge in [0.05, 0.1) is 0 Å². The summed E-state index contributed by atoms with van der Waals surface area (Å²) in [5, 5.41) is 2.97. The smallest absolute Gasteiger partial charge is 0.251 e. The highest BCUT2D eigenvalue weighted by atomic mass is 16.1. The molecule has 0 saturated carbocycles. The summed E-state index contributed by atoms with van der Waals surface area (Å²) in [7, 11) is 0. The average molecular weight is 327 g/mol. The lowest BCUT2D eigenvalue weighted by Crippen LogP contribution is -2.47. The highest BCUT2D eigenvalue weighted by Gasteiger charge is 2.21. The van der Waals surface area contributed by atoms with Gasteiger partial charge in [0, 0.05) is 49.6 Å². The van der Waals surface area contributed by atoms with Gasteiger partial charge in [0.2, 0.25) is 5.91 Å². The number of rotatable bonds is 3. The lowest BCUT2D eigenvalue weighted by molar-refractivity contribution is -0.119. The quantitative estimate of drug-likeness (QED) is 0.885. The molecule has 3 rings (SSSR count). The molecule has 0 spiro atoms. The minimum atomic E-state index is -0.171. The average Bonchev–Trinajstić information content (AvgIpc) is 2.54. The fourth-order valence-corrected chi connectivity index (χ4v) is 3.02. The highest BCUT2D eigenvalue weighted by molar-refractivity contribution is 5.73. The van der Waals surface area contributed by atoms with Crippen LogP contribution in [0.3, 0.4) is 0 Å². The molecule has 2 N–H and O–H groups in total. The molecule has 24 heavy (non-hydrogen) atoms. The van der Waals surface area contributed by atoms with Crippen molar-refractivity contribution in [2.24, 2.45) is 0 Å². The molecule has 1 aliphatic rings. The Hall–Kier alpha value is -2.70. The highest BCUT2D eigenvalue weighted by Crippen LogP contribution is 2.20. The summed E-state index contributed by atoms with van der Waals surface area (Å²) in [5.74, 6) is 1.39. The number of piperidine rings is 1. The van der Waals surface area contributed by atoms with E-state index in [-0.39, 0.29) is 17.5 Å². The molecule has 1 fully saturated rings. The van der Waals surface area contributed by atoms with Crippen LogP contribution in [0.25, 0.3) is 11.4 Å². The van der Waals surface area contributed by atoms with Crippen molar-refractivity contribution in [3.8, 4) is 11.4 Å². The van der Waals surface area contributed by atoms with Crippen LogP contribution in [0.4, 0.5) is 5.82 Å². The van der Waals surface area contributed by atoms with Crippen molar-refractivity contribution in [2.75, 3.05) is 18.0 Å². The zero-order valence-corrected chi connectivity index (χ0v) is 13.9. The fraction of sp³-hybridized carbons (Fsp3) is 0.412. The standard InChI is InChI=1S/C17H21N5O2/c1-11-8-16(24)21-17(19-11)13-5-6-15(18-9-13)22-7-3-4-14(10-22)20-12(2)23/h5-6,8-9,14H,3-4,7,10H2,1-2H3,(H,20,23)(H,19,21,24). The fourth-order valence-electron chi connectivity index (χ4n) is 3.02. The van der Waals surface area contributed by atoms with Crippen LogP contribution in [0, 0.1) is 6.92 Å². The van der Waals surface area contributed by atoms with Gasteiger partial charge in [-0.05, 0) is 31.9 Å². The Balaban J connectivity index is 1.76. The van der Waals surface area contributed by atoms with Gasteiger partial charge >= 0.3 is 0 Å². The normalized spacial score (nSPS) is 17.6. The number of amides is 1. The maximum absolute atomic E-state index is 11.6. The number of hydrogen-bond donors (Lipinski definition) is 2. The van der Waals surface area contributed by atoms with Gasteiger partial charge in [-0.3, -0.25) is 9.59 Å². The predicted molar refractivity (Wildman–Crippen MR) is 91.9 cm³/mol. The molecule has 1 amide bonds. The minimum absolute atomic E-state index is 0.000340. The summed E-state index contributed by atoms with van der Waals surface area (Å²) < 4.78 is 0. The Morgan fingerprint density at radius 1 is 1.42 bits per heavy atom. The molecule has 0 aliphatic carbocycles. The van der Waals surface area contributed by atoms with Crippen molar-refractivity contribution in [2.45, 2.75) is 32.7 Å². The number of nitrogens with zero attached hydrogens (tertiary/aromatic N) is 3. The van der Waals surface area contributed by atoms with Crippen LogP contribution in [0.2, 0.25) is 0 Å². The maximum Gasteiger partial charge on any atom is 0.251 e. The number of hydrogen-bond acceptors (Lipinski definition) is 5. The molecule has 126 valence electrons. The molecule has 0 aromatic carbocycles. The predicted octanol–water partition coefficient (Wildman–Crippen LogP) is 1.25. The van der Waals surface area contributed by atoms with E-state index >= 15 is 0 Å². The van der Waals surface area contributed by atoms with E-state index in [2.05, 4.69) is 25.2 Å². The molecule has 0 bridgehead atoms. The van der Waals surface area contributed by atoms with Gasteiger partial charge in [0.15, 0.2) is 0 Å². The summed E-state index contributed by atoms with van der Waals surface area (Å²) in [5.41, 5.74) is 1.28. The SMILES string of the molecule is CC(=O)NC1CCCN(c2ccc(-c3nc(C)cc(=O)[nH]3)cn2)C1. The maximum atomic E-state index is 11.6. The van der Waals surface area contributed by atoms with E-state index in [4.69, 9.17) is 0 Å². The molecular formula is C17H21N5O2. The van der Waals surface area contributed by atoms with E-state index in [0.717, 1.165) is 37.3 Å².